The third-order valence-electron chi connectivity index (χ3n) is 1.85. The zero-order chi connectivity index (χ0) is 12.5. The summed E-state index contributed by atoms with van der Waals surface area (Å²) in [5, 5.41) is 0. The molecule has 0 aliphatic rings. The van der Waals surface area contributed by atoms with Crippen molar-refractivity contribution in [2.24, 2.45) is 0 Å². The first-order valence-electron chi connectivity index (χ1n) is 5.00. The largest absolute Gasteiger partial charge is 0.475 e. The van der Waals surface area contributed by atoms with Gasteiger partial charge in [-0.1, -0.05) is 0 Å². The van der Waals surface area contributed by atoms with Crippen LogP contribution in [0.25, 0.3) is 0 Å². The third kappa shape index (κ3) is 4.38. The number of ether oxygens (including phenoxy) is 4. The van der Waals surface area contributed by atoms with E-state index < -0.39 is 0 Å². The average molecular weight is 241 g/mol. The van der Waals surface area contributed by atoms with Gasteiger partial charge in [0.25, 0.3) is 0 Å². The van der Waals surface area contributed by atoms with Crippen LogP contribution in [-0.2, 0) is 9.47 Å². The summed E-state index contributed by atoms with van der Waals surface area (Å²) in [6.45, 7) is 0.869. The topological polar surface area (TPSA) is 66.9 Å². The van der Waals surface area contributed by atoms with Crippen molar-refractivity contribution in [1.29, 1.82) is 0 Å². The van der Waals surface area contributed by atoms with E-state index >= 15 is 0 Å². The lowest BCUT2D eigenvalue weighted by Crippen LogP contribution is -2.08. The molecule has 0 radical (unpaired) electrons. The van der Waals surface area contributed by atoms with Gasteiger partial charge in [-0.25, -0.2) is 4.98 Å². The van der Waals surface area contributed by atoms with Crippen LogP contribution in [0, 0.1) is 0 Å². The van der Waals surface area contributed by atoms with E-state index in [1.165, 1.54) is 13.3 Å². The Kier molecular flexibility index (Phi) is 5.98. The Balaban J connectivity index is 2.67. The van der Waals surface area contributed by atoms with Gasteiger partial charge in [0.2, 0.25) is 5.88 Å². The molecule has 0 bridgehead atoms. The minimum absolute atomic E-state index is 0.101. The molecule has 1 aromatic rings. The highest BCUT2D eigenvalue weighted by Crippen LogP contribution is 2.19. The van der Waals surface area contributed by atoms with E-state index in [-0.39, 0.29) is 12.7 Å². The molecule has 1 aromatic heterocycles. The fraction of sp³-hybridized carbons (Fsp3) is 0.455. The van der Waals surface area contributed by atoms with Crippen molar-refractivity contribution in [3.05, 3.63) is 17.8 Å². The van der Waals surface area contributed by atoms with Crippen LogP contribution in [0.15, 0.2) is 12.3 Å². The monoisotopic (exact) mass is 241 g/mol. The Hall–Kier alpha value is -1.66. The second-order valence-electron chi connectivity index (χ2n) is 3.08. The normalized spacial score (nSPS) is 10.0. The van der Waals surface area contributed by atoms with E-state index in [1.807, 2.05) is 0 Å². The zero-order valence-corrected chi connectivity index (χ0v) is 9.84. The van der Waals surface area contributed by atoms with Gasteiger partial charge < -0.3 is 18.9 Å². The Morgan fingerprint density at radius 2 is 2.06 bits per heavy atom. The number of methoxy groups -OCH3 is 2. The molecule has 1 rings (SSSR count). The molecule has 0 aliphatic carbocycles. The van der Waals surface area contributed by atoms with Gasteiger partial charge in [-0.15, -0.1) is 0 Å². The number of rotatable bonds is 8. The van der Waals surface area contributed by atoms with Crippen molar-refractivity contribution >= 4 is 6.29 Å². The fourth-order valence-corrected chi connectivity index (χ4v) is 1.08. The quantitative estimate of drug-likeness (QED) is 0.383. The van der Waals surface area contributed by atoms with Crippen molar-refractivity contribution in [1.82, 2.24) is 4.98 Å². The van der Waals surface area contributed by atoms with Crippen molar-refractivity contribution in [3.63, 3.8) is 0 Å². The van der Waals surface area contributed by atoms with Crippen LogP contribution in [0.2, 0.25) is 0 Å². The molecule has 0 N–H and O–H groups in total. The lowest BCUT2D eigenvalue weighted by molar-refractivity contribution is 0.0506. The zero-order valence-electron chi connectivity index (χ0n) is 9.84. The first kappa shape index (κ1) is 13.4. The number of aldehydes is 1. The third-order valence-corrected chi connectivity index (χ3v) is 1.85. The second-order valence-corrected chi connectivity index (χ2v) is 3.08. The van der Waals surface area contributed by atoms with Crippen molar-refractivity contribution < 1.29 is 23.7 Å². The predicted molar refractivity (Wildman–Crippen MR) is 59.5 cm³/mol. The maximum Gasteiger partial charge on any atom is 0.224 e. The minimum Gasteiger partial charge on any atom is -0.475 e. The summed E-state index contributed by atoms with van der Waals surface area (Å²) in [7, 11) is 3.08. The second kappa shape index (κ2) is 7.59. The maximum absolute atomic E-state index is 10.8. The first-order valence-corrected chi connectivity index (χ1v) is 5.00. The summed E-state index contributed by atoms with van der Waals surface area (Å²) in [6, 6.07) is 1.54. The fourth-order valence-electron chi connectivity index (χ4n) is 1.08. The average Bonchev–Trinajstić information content (AvgIpc) is 2.37. The predicted octanol–water partition coefficient (Wildman–Crippen LogP) is 0.902. The van der Waals surface area contributed by atoms with Crippen LogP contribution in [0.3, 0.4) is 0 Å². The summed E-state index contributed by atoms with van der Waals surface area (Å²) >= 11 is 0. The van der Waals surface area contributed by atoms with E-state index in [4.69, 9.17) is 18.9 Å². The highest BCUT2D eigenvalue weighted by Gasteiger charge is 2.07. The van der Waals surface area contributed by atoms with Gasteiger partial charge in [0, 0.05) is 14.2 Å². The molecule has 6 nitrogen and oxygen atoms in total. The maximum atomic E-state index is 10.8. The molecule has 0 aromatic carbocycles. The molecule has 0 saturated heterocycles. The van der Waals surface area contributed by atoms with E-state index in [2.05, 4.69) is 4.98 Å². The highest BCUT2D eigenvalue weighted by molar-refractivity contribution is 5.78. The Morgan fingerprint density at radius 1 is 1.24 bits per heavy atom. The minimum atomic E-state index is 0.101. The summed E-state index contributed by atoms with van der Waals surface area (Å²) in [5.41, 5.74) is 0.328. The summed E-state index contributed by atoms with van der Waals surface area (Å²) in [5.74, 6) is 0.717. The first-order chi connectivity index (χ1) is 8.31. The number of hydrogen-bond donors (Lipinski definition) is 0. The molecule has 0 saturated carbocycles. The lowest BCUT2D eigenvalue weighted by atomic mass is 10.3. The molecule has 0 spiro atoms. The Bertz CT molecular complexity index is 356. The molecule has 17 heavy (non-hydrogen) atoms. The molecule has 6 heteroatoms. The van der Waals surface area contributed by atoms with E-state index in [9.17, 15) is 4.79 Å². The van der Waals surface area contributed by atoms with Crippen molar-refractivity contribution in [2.75, 3.05) is 34.2 Å². The number of nitrogens with zero attached hydrogens (tertiary/aromatic N) is 1. The molecule has 0 aliphatic heterocycles. The standard InChI is InChI=1S/C11H15NO5/c1-14-3-4-16-11-9(7-13)5-10(6-12-11)17-8-15-2/h5-7H,3-4,8H2,1-2H3. The van der Waals surface area contributed by atoms with Crippen molar-refractivity contribution in [2.45, 2.75) is 0 Å². The Morgan fingerprint density at radius 3 is 2.71 bits per heavy atom. The SMILES string of the molecule is COCCOc1ncc(OCOC)cc1C=O. The van der Waals surface area contributed by atoms with Gasteiger partial charge in [-0.3, -0.25) is 4.79 Å². The molecular weight excluding hydrogens is 226 g/mol. The lowest BCUT2D eigenvalue weighted by Gasteiger charge is -2.09. The number of pyridine rings is 1. The van der Waals surface area contributed by atoms with E-state index in [0.717, 1.165) is 0 Å². The highest BCUT2D eigenvalue weighted by atomic mass is 16.7. The summed E-state index contributed by atoms with van der Waals surface area (Å²) in [6.07, 6.45) is 2.13. The van der Waals surface area contributed by atoms with Gasteiger partial charge in [0.1, 0.15) is 12.4 Å². The molecule has 1 heterocycles. The molecular formula is C11H15NO5. The van der Waals surface area contributed by atoms with Gasteiger partial charge in [0.15, 0.2) is 13.1 Å². The van der Waals surface area contributed by atoms with Crippen molar-refractivity contribution in [3.8, 4) is 11.6 Å². The van der Waals surface area contributed by atoms with Gasteiger partial charge in [-0.05, 0) is 6.07 Å². The van der Waals surface area contributed by atoms with Crippen LogP contribution in [0.5, 0.6) is 11.6 Å². The number of hydrogen-bond acceptors (Lipinski definition) is 6. The number of carbonyl (C=O) groups excluding carboxylic acids is 1. The van der Waals surface area contributed by atoms with Gasteiger partial charge >= 0.3 is 0 Å². The van der Waals surface area contributed by atoms with Crippen LogP contribution in [0.4, 0.5) is 0 Å². The molecule has 0 fully saturated rings. The molecule has 94 valence electrons. The van der Waals surface area contributed by atoms with Crippen LogP contribution >= 0.6 is 0 Å². The Labute approximate surface area is 99.5 Å². The van der Waals surface area contributed by atoms with Crippen LogP contribution in [-0.4, -0.2) is 45.5 Å². The molecule has 0 amide bonds. The molecule has 0 unspecified atom stereocenters. The van der Waals surface area contributed by atoms with E-state index in [0.29, 0.717) is 30.8 Å². The summed E-state index contributed by atoms with van der Waals surface area (Å²) < 4.78 is 20.0. The molecule has 0 atom stereocenters. The number of carbonyl (C=O) groups is 1. The van der Waals surface area contributed by atoms with E-state index in [1.54, 1.807) is 13.2 Å². The van der Waals surface area contributed by atoms with Crippen LogP contribution < -0.4 is 9.47 Å². The number of aromatic nitrogens is 1. The smallest absolute Gasteiger partial charge is 0.224 e. The van der Waals surface area contributed by atoms with Crippen LogP contribution in [0.1, 0.15) is 10.4 Å². The summed E-state index contributed by atoms with van der Waals surface area (Å²) in [4.78, 5) is 14.8. The van der Waals surface area contributed by atoms with Gasteiger partial charge in [0.05, 0.1) is 18.4 Å². The van der Waals surface area contributed by atoms with Gasteiger partial charge in [-0.2, -0.15) is 0 Å².